The molecule has 1 aromatic heterocycles. The zero-order chi connectivity index (χ0) is 11.4. The second-order valence-electron chi connectivity index (χ2n) is 4.11. The van der Waals surface area contributed by atoms with E-state index in [1.54, 1.807) is 0 Å². The summed E-state index contributed by atoms with van der Waals surface area (Å²) < 4.78 is 0. The molecule has 0 amide bonds. The Labute approximate surface area is 106 Å². The van der Waals surface area contributed by atoms with E-state index in [1.165, 1.54) is 34.2 Å². The maximum atomic E-state index is 4.82. The summed E-state index contributed by atoms with van der Waals surface area (Å²) in [4.78, 5) is 6.30. The van der Waals surface area contributed by atoms with Gasteiger partial charge in [-0.25, -0.2) is 4.98 Å². The van der Waals surface area contributed by atoms with Crippen LogP contribution in [0.1, 0.15) is 48.2 Å². The van der Waals surface area contributed by atoms with Gasteiger partial charge in [0.2, 0.25) is 0 Å². The normalized spacial score (nSPS) is 15.6. The Kier molecular flexibility index (Phi) is 4.67. The van der Waals surface area contributed by atoms with Crippen molar-refractivity contribution >= 4 is 23.1 Å². The van der Waals surface area contributed by atoms with Gasteiger partial charge >= 0.3 is 0 Å². The van der Waals surface area contributed by atoms with Gasteiger partial charge in [-0.2, -0.15) is 11.8 Å². The first-order valence-electron chi connectivity index (χ1n) is 6.12. The highest BCUT2D eigenvalue weighted by Gasteiger charge is 2.29. The summed E-state index contributed by atoms with van der Waals surface area (Å²) in [6.45, 7) is 6.42. The molecule has 2 rings (SSSR count). The van der Waals surface area contributed by atoms with E-state index in [1.807, 2.05) is 23.1 Å². The van der Waals surface area contributed by atoms with E-state index in [0.717, 1.165) is 24.8 Å². The molecule has 0 unspecified atom stereocenters. The van der Waals surface area contributed by atoms with Gasteiger partial charge < -0.3 is 5.32 Å². The van der Waals surface area contributed by atoms with Crippen LogP contribution in [0.15, 0.2) is 0 Å². The number of aromatic nitrogens is 1. The number of thiazole rings is 1. The molecule has 1 heterocycles. The fraction of sp³-hybridized carbons (Fsp3) is 0.750. The first-order chi connectivity index (χ1) is 7.85. The molecular formula is C12H20N2S2. The molecule has 0 aromatic carbocycles. The fourth-order valence-electron chi connectivity index (χ4n) is 1.71. The summed E-state index contributed by atoms with van der Waals surface area (Å²) in [7, 11) is 0. The molecule has 1 aliphatic carbocycles. The van der Waals surface area contributed by atoms with Crippen LogP contribution in [0.4, 0.5) is 0 Å². The van der Waals surface area contributed by atoms with Crippen LogP contribution >= 0.6 is 23.1 Å². The Morgan fingerprint density at radius 3 is 2.88 bits per heavy atom. The van der Waals surface area contributed by atoms with E-state index in [4.69, 9.17) is 4.98 Å². The van der Waals surface area contributed by atoms with Crippen molar-refractivity contribution in [3.63, 3.8) is 0 Å². The molecular weight excluding hydrogens is 236 g/mol. The number of thioether (sulfide) groups is 1. The first kappa shape index (κ1) is 12.4. The van der Waals surface area contributed by atoms with Crippen molar-refractivity contribution in [2.75, 3.05) is 12.3 Å². The SMILES string of the molecule is CCNCc1sc(CSCC)nc1C1CC1. The van der Waals surface area contributed by atoms with E-state index >= 15 is 0 Å². The lowest BCUT2D eigenvalue weighted by molar-refractivity contribution is 0.726. The summed E-state index contributed by atoms with van der Waals surface area (Å²) in [6, 6.07) is 0. The molecule has 1 fully saturated rings. The van der Waals surface area contributed by atoms with Crippen LogP contribution in [-0.4, -0.2) is 17.3 Å². The van der Waals surface area contributed by atoms with Crippen LogP contribution in [-0.2, 0) is 12.3 Å². The minimum absolute atomic E-state index is 0.783. The minimum atomic E-state index is 0.783. The van der Waals surface area contributed by atoms with Crippen molar-refractivity contribution in [3.8, 4) is 0 Å². The van der Waals surface area contributed by atoms with Gasteiger partial charge in [0, 0.05) is 23.1 Å². The molecule has 0 atom stereocenters. The van der Waals surface area contributed by atoms with Crippen molar-refractivity contribution in [2.24, 2.45) is 0 Å². The van der Waals surface area contributed by atoms with Gasteiger partial charge in [-0.15, -0.1) is 11.3 Å². The van der Waals surface area contributed by atoms with Crippen LogP contribution < -0.4 is 5.32 Å². The van der Waals surface area contributed by atoms with Crippen LogP contribution in [0.2, 0.25) is 0 Å². The molecule has 0 saturated heterocycles. The van der Waals surface area contributed by atoms with Crippen molar-refractivity contribution < 1.29 is 0 Å². The van der Waals surface area contributed by atoms with Crippen LogP contribution in [0, 0.1) is 0 Å². The highest BCUT2D eigenvalue weighted by atomic mass is 32.2. The van der Waals surface area contributed by atoms with E-state index in [9.17, 15) is 0 Å². The summed E-state index contributed by atoms with van der Waals surface area (Å²) >= 11 is 3.88. The highest BCUT2D eigenvalue weighted by Crippen LogP contribution is 2.43. The third kappa shape index (κ3) is 3.22. The molecule has 4 heteroatoms. The average Bonchev–Trinajstić information content (AvgIpc) is 3.06. The standard InChI is InChI=1S/C12H20N2S2/c1-3-13-7-10-12(9-5-6-9)14-11(16-10)8-15-4-2/h9,13H,3-8H2,1-2H3. The van der Waals surface area contributed by atoms with Gasteiger partial charge in [0.1, 0.15) is 5.01 Å². The van der Waals surface area contributed by atoms with Gasteiger partial charge in [0.05, 0.1) is 5.69 Å². The zero-order valence-electron chi connectivity index (χ0n) is 10.1. The van der Waals surface area contributed by atoms with E-state index in [2.05, 4.69) is 19.2 Å². The number of nitrogens with zero attached hydrogens (tertiary/aromatic N) is 1. The molecule has 1 saturated carbocycles. The van der Waals surface area contributed by atoms with Crippen molar-refractivity contribution in [3.05, 3.63) is 15.6 Å². The lowest BCUT2D eigenvalue weighted by Gasteiger charge is -2.00. The Bertz CT molecular complexity index is 332. The lowest BCUT2D eigenvalue weighted by atomic mass is 10.2. The smallest absolute Gasteiger partial charge is 0.103 e. The second kappa shape index (κ2) is 6.03. The Hall–Kier alpha value is -0.0600. The third-order valence-corrected chi connectivity index (χ3v) is 4.84. The molecule has 0 spiro atoms. The third-order valence-electron chi connectivity index (χ3n) is 2.70. The van der Waals surface area contributed by atoms with E-state index in [0.29, 0.717) is 0 Å². The van der Waals surface area contributed by atoms with Gasteiger partial charge in [-0.3, -0.25) is 0 Å². The molecule has 0 aliphatic heterocycles. The lowest BCUT2D eigenvalue weighted by Crippen LogP contribution is -2.11. The van der Waals surface area contributed by atoms with Crippen molar-refractivity contribution in [1.82, 2.24) is 10.3 Å². The zero-order valence-corrected chi connectivity index (χ0v) is 11.7. The summed E-state index contributed by atoms with van der Waals surface area (Å²) in [5.74, 6) is 3.05. The molecule has 16 heavy (non-hydrogen) atoms. The monoisotopic (exact) mass is 256 g/mol. The summed E-state index contributed by atoms with van der Waals surface area (Å²) in [6.07, 6.45) is 2.70. The van der Waals surface area contributed by atoms with Crippen LogP contribution in [0.3, 0.4) is 0 Å². The number of nitrogens with one attached hydrogen (secondary N) is 1. The Balaban J connectivity index is 2.03. The minimum Gasteiger partial charge on any atom is -0.312 e. The van der Waals surface area contributed by atoms with Gasteiger partial charge in [0.15, 0.2) is 0 Å². The Morgan fingerprint density at radius 2 is 2.25 bits per heavy atom. The molecule has 1 aromatic rings. The fourth-order valence-corrected chi connectivity index (χ4v) is 3.55. The maximum Gasteiger partial charge on any atom is 0.103 e. The first-order valence-corrected chi connectivity index (χ1v) is 8.09. The molecule has 90 valence electrons. The molecule has 1 N–H and O–H groups in total. The van der Waals surface area contributed by atoms with Gasteiger partial charge in [-0.1, -0.05) is 13.8 Å². The predicted octanol–water partition coefficient (Wildman–Crippen LogP) is 3.38. The van der Waals surface area contributed by atoms with Crippen molar-refractivity contribution in [1.29, 1.82) is 0 Å². The summed E-state index contributed by atoms with van der Waals surface area (Å²) in [5.41, 5.74) is 1.40. The van der Waals surface area contributed by atoms with Gasteiger partial charge in [-0.05, 0) is 25.1 Å². The summed E-state index contributed by atoms with van der Waals surface area (Å²) in [5, 5.41) is 4.74. The van der Waals surface area contributed by atoms with E-state index in [-0.39, 0.29) is 0 Å². The molecule has 1 aliphatic rings. The number of hydrogen-bond acceptors (Lipinski definition) is 4. The maximum absolute atomic E-state index is 4.82. The average molecular weight is 256 g/mol. The largest absolute Gasteiger partial charge is 0.312 e. The second-order valence-corrected chi connectivity index (χ2v) is 6.55. The molecule has 0 radical (unpaired) electrons. The Morgan fingerprint density at radius 1 is 1.44 bits per heavy atom. The quantitative estimate of drug-likeness (QED) is 0.809. The van der Waals surface area contributed by atoms with E-state index < -0.39 is 0 Å². The number of hydrogen-bond donors (Lipinski definition) is 1. The van der Waals surface area contributed by atoms with Crippen molar-refractivity contribution in [2.45, 2.75) is 44.9 Å². The van der Waals surface area contributed by atoms with Crippen LogP contribution in [0.5, 0.6) is 0 Å². The number of rotatable bonds is 7. The highest BCUT2D eigenvalue weighted by molar-refractivity contribution is 7.98. The van der Waals surface area contributed by atoms with Crippen LogP contribution in [0.25, 0.3) is 0 Å². The predicted molar refractivity (Wildman–Crippen MR) is 73.3 cm³/mol. The molecule has 2 nitrogen and oxygen atoms in total. The molecule has 0 bridgehead atoms. The van der Waals surface area contributed by atoms with Gasteiger partial charge in [0.25, 0.3) is 0 Å². The topological polar surface area (TPSA) is 24.9 Å².